The minimum absolute atomic E-state index is 0.176. The third kappa shape index (κ3) is 3.23. The Kier molecular flexibility index (Phi) is 3.70. The van der Waals surface area contributed by atoms with Crippen LogP contribution >= 0.6 is 0 Å². The van der Waals surface area contributed by atoms with Gasteiger partial charge in [-0.05, 0) is 26.3 Å². The van der Waals surface area contributed by atoms with Crippen LogP contribution in [-0.4, -0.2) is 5.78 Å². The van der Waals surface area contributed by atoms with E-state index < -0.39 is 0 Å². The minimum Gasteiger partial charge on any atom is -0.294 e. The minimum atomic E-state index is 0.176. The number of Topliss-reactive ketones (excluding diaryl/α,β-unsaturated/α-hetero) is 1. The van der Waals surface area contributed by atoms with E-state index in [0.717, 1.165) is 11.1 Å². The summed E-state index contributed by atoms with van der Waals surface area (Å²) < 4.78 is 0. The summed E-state index contributed by atoms with van der Waals surface area (Å²) in [6.07, 6.45) is 2.31. The number of carbonyl (C=O) groups is 1. The van der Waals surface area contributed by atoms with Crippen molar-refractivity contribution in [3.8, 4) is 0 Å². The lowest BCUT2D eigenvalue weighted by Crippen LogP contribution is -1.98. The molecule has 56 valence electrons. The van der Waals surface area contributed by atoms with Gasteiger partial charge in [0.2, 0.25) is 0 Å². The molecule has 0 N–H and O–H groups in total. The fraction of sp³-hybridized carbons (Fsp3) is 0.444. The van der Waals surface area contributed by atoms with Crippen molar-refractivity contribution in [2.45, 2.75) is 27.2 Å². The van der Waals surface area contributed by atoms with Crippen molar-refractivity contribution in [2.24, 2.45) is 0 Å². The van der Waals surface area contributed by atoms with Crippen LogP contribution in [0.25, 0.3) is 0 Å². The molecule has 0 radical (unpaired) electrons. The third-order valence-electron chi connectivity index (χ3n) is 1.34. The number of rotatable bonds is 3. The molecule has 0 rings (SSSR count). The SMILES string of the molecule is C=C(C)CC(=O)/C(C)=C/C. The third-order valence-corrected chi connectivity index (χ3v) is 1.34. The Bertz CT molecular complexity index is 175. The summed E-state index contributed by atoms with van der Waals surface area (Å²) in [4.78, 5) is 11.1. The molecule has 0 aliphatic carbocycles. The highest BCUT2D eigenvalue weighted by atomic mass is 16.1. The van der Waals surface area contributed by atoms with Crippen molar-refractivity contribution in [3.05, 3.63) is 23.8 Å². The first-order valence-electron chi connectivity index (χ1n) is 3.38. The maximum absolute atomic E-state index is 11.1. The fourth-order valence-corrected chi connectivity index (χ4v) is 0.574. The van der Waals surface area contributed by atoms with Gasteiger partial charge in [0, 0.05) is 6.42 Å². The normalized spacial score (nSPS) is 11.3. The largest absolute Gasteiger partial charge is 0.294 e. The zero-order valence-electron chi connectivity index (χ0n) is 6.90. The van der Waals surface area contributed by atoms with Crippen LogP contribution in [0.1, 0.15) is 27.2 Å². The Hall–Kier alpha value is -0.850. The standard InChI is InChI=1S/C9H14O/c1-5-8(4)9(10)6-7(2)3/h5H,2,6H2,1,3-4H3/b8-5+. The average Bonchev–Trinajstić information content (AvgIpc) is 1.85. The van der Waals surface area contributed by atoms with E-state index in [1.54, 1.807) is 0 Å². The van der Waals surface area contributed by atoms with E-state index in [4.69, 9.17) is 0 Å². The van der Waals surface area contributed by atoms with E-state index in [1.165, 1.54) is 0 Å². The predicted molar refractivity (Wildman–Crippen MR) is 43.9 cm³/mol. The number of carbonyl (C=O) groups excluding carboxylic acids is 1. The molecule has 1 nitrogen and oxygen atoms in total. The highest BCUT2D eigenvalue weighted by Gasteiger charge is 2.01. The zero-order valence-corrected chi connectivity index (χ0v) is 6.90. The first-order valence-corrected chi connectivity index (χ1v) is 3.38. The molecule has 0 heterocycles. The first-order chi connectivity index (χ1) is 4.57. The van der Waals surface area contributed by atoms with Crippen LogP contribution in [0.5, 0.6) is 0 Å². The second-order valence-corrected chi connectivity index (χ2v) is 2.53. The molecule has 1 heteroatoms. The van der Waals surface area contributed by atoms with Crippen molar-refractivity contribution in [1.82, 2.24) is 0 Å². The molecule has 0 aliphatic rings. The Morgan fingerprint density at radius 2 is 2.00 bits per heavy atom. The van der Waals surface area contributed by atoms with E-state index in [0.29, 0.717) is 6.42 Å². The Balaban J connectivity index is 3.99. The van der Waals surface area contributed by atoms with Crippen LogP contribution in [0.15, 0.2) is 23.8 Å². The fourth-order valence-electron chi connectivity index (χ4n) is 0.574. The summed E-state index contributed by atoms with van der Waals surface area (Å²) in [7, 11) is 0. The van der Waals surface area contributed by atoms with E-state index in [1.807, 2.05) is 26.8 Å². The maximum atomic E-state index is 11.1. The summed E-state index contributed by atoms with van der Waals surface area (Å²) in [5.74, 6) is 0.176. The molecule has 0 saturated heterocycles. The van der Waals surface area contributed by atoms with Crippen molar-refractivity contribution in [1.29, 1.82) is 0 Å². The Morgan fingerprint density at radius 3 is 2.30 bits per heavy atom. The quantitative estimate of drug-likeness (QED) is 0.432. The highest BCUT2D eigenvalue weighted by Crippen LogP contribution is 2.03. The maximum Gasteiger partial charge on any atom is 0.162 e. The second kappa shape index (κ2) is 4.04. The van der Waals surface area contributed by atoms with Gasteiger partial charge in [-0.2, -0.15) is 0 Å². The summed E-state index contributed by atoms with van der Waals surface area (Å²) >= 11 is 0. The molecule has 0 aromatic rings. The van der Waals surface area contributed by atoms with Gasteiger partial charge in [-0.1, -0.05) is 18.2 Å². The van der Waals surface area contributed by atoms with Crippen LogP contribution < -0.4 is 0 Å². The van der Waals surface area contributed by atoms with Crippen molar-refractivity contribution in [3.63, 3.8) is 0 Å². The smallest absolute Gasteiger partial charge is 0.162 e. The lowest BCUT2D eigenvalue weighted by Gasteiger charge is -1.97. The van der Waals surface area contributed by atoms with Gasteiger partial charge >= 0.3 is 0 Å². The van der Waals surface area contributed by atoms with Gasteiger partial charge in [0.1, 0.15) is 0 Å². The summed E-state index contributed by atoms with van der Waals surface area (Å²) in [5, 5.41) is 0. The van der Waals surface area contributed by atoms with Crippen LogP contribution in [-0.2, 0) is 4.79 Å². The van der Waals surface area contributed by atoms with Gasteiger partial charge < -0.3 is 0 Å². The van der Waals surface area contributed by atoms with Crippen molar-refractivity contribution in [2.75, 3.05) is 0 Å². The molecule has 0 spiro atoms. The molecular weight excluding hydrogens is 124 g/mol. The first kappa shape index (κ1) is 9.15. The Morgan fingerprint density at radius 1 is 1.50 bits per heavy atom. The monoisotopic (exact) mass is 138 g/mol. The summed E-state index contributed by atoms with van der Waals surface area (Å²) in [6.45, 7) is 9.22. The van der Waals surface area contributed by atoms with Gasteiger partial charge in [-0.3, -0.25) is 4.79 Å². The number of hydrogen-bond donors (Lipinski definition) is 0. The zero-order chi connectivity index (χ0) is 8.15. The van der Waals surface area contributed by atoms with E-state index in [9.17, 15) is 4.79 Å². The predicted octanol–water partition coefficient (Wildman–Crippen LogP) is 2.49. The van der Waals surface area contributed by atoms with Crippen molar-refractivity contribution < 1.29 is 4.79 Å². The van der Waals surface area contributed by atoms with Gasteiger partial charge in [0.05, 0.1) is 0 Å². The summed E-state index contributed by atoms with van der Waals surface area (Å²) in [6, 6.07) is 0. The number of hydrogen-bond acceptors (Lipinski definition) is 1. The van der Waals surface area contributed by atoms with Crippen LogP contribution in [0.2, 0.25) is 0 Å². The van der Waals surface area contributed by atoms with Crippen LogP contribution in [0, 0.1) is 0 Å². The Labute approximate surface area is 62.4 Å². The van der Waals surface area contributed by atoms with E-state index in [2.05, 4.69) is 6.58 Å². The molecule has 0 saturated carbocycles. The molecule has 10 heavy (non-hydrogen) atoms. The lowest BCUT2D eigenvalue weighted by molar-refractivity contribution is -0.114. The molecule has 0 aromatic carbocycles. The molecule has 0 aliphatic heterocycles. The lowest BCUT2D eigenvalue weighted by atomic mass is 10.1. The number of ketones is 1. The molecular formula is C9H14O. The van der Waals surface area contributed by atoms with E-state index in [-0.39, 0.29) is 5.78 Å². The molecule has 0 aromatic heterocycles. The highest BCUT2D eigenvalue weighted by molar-refractivity contribution is 5.96. The molecule has 0 unspecified atom stereocenters. The van der Waals surface area contributed by atoms with Crippen LogP contribution in [0.4, 0.5) is 0 Å². The van der Waals surface area contributed by atoms with Crippen molar-refractivity contribution >= 4 is 5.78 Å². The van der Waals surface area contributed by atoms with Crippen LogP contribution in [0.3, 0.4) is 0 Å². The van der Waals surface area contributed by atoms with Gasteiger partial charge in [-0.15, -0.1) is 0 Å². The second-order valence-electron chi connectivity index (χ2n) is 2.53. The van der Waals surface area contributed by atoms with Gasteiger partial charge in [0.15, 0.2) is 5.78 Å². The molecule has 0 bridgehead atoms. The average molecular weight is 138 g/mol. The van der Waals surface area contributed by atoms with Gasteiger partial charge in [0.25, 0.3) is 0 Å². The topological polar surface area (TPSA) is 17.1 Å². The molecule has 0 atom stereocenters. The van der Waals surface area contributed by atoms with E-state index >= 15 is 0 Å². The van der Waals surface area contributed by atoms with Gasteiger partial charge in [-0.25, -0.2) is 0 Å². The number of allylic oxidation sites excluding steroid dienone is 3. The molecule has 0 amide bonds. The summed E-state index contributed by atoms with van der Waals surface area (Å²) in [5.41, 5.74) is 1.74. The molecule has 0 fully saturated rings.